The molecule has 24 heavy (non-hydrogen) atoms. The van der Waals surface area contributed by atoms with Gasteiger partial charge in [0.05, 0.1) is 4.90 Å². The number of rotatable bonds is 7. The molecule has 0 atom stereocenters. The Morgan fingerprint density at radius 3 is 2.54 bits per heavy atom. The predicted octanol–water partition coefficient (Wildman–Crippen LogP) is 3.56. The van der Waals surface area contributed by atoms with Gasteiger partial charge in [0, 0.05) is 24.5 Å². The molecule has 0 fully saturated rings. The molecule has 0 spiro atoms. The standard InChI is InChI=1S/C19H24N2O2S/c1-20(2)11-12-21(3)13-15-7-4-5-9-17(15)24-18-10-6-8-16-19(18)23-14-22-16/h4-10H,11-14H2,1-3H3. The Bertz CT molecular complexity index is 691. The minimum Gasteiger partial charge on any atom is -0.454 e. The van der Waals surface area contributed by atoms with E-state index in [1.165, 1.54) is 10.5 Å². The van der Waals surface area contributed by atoms with Crippen molar-refractivity contribution in [3.63, 3.8) is 0 Å². The number of hydrogen-bond donors (Lipinski definition) is 0. The van der Waals surface area contributed by atoms with E-state index in [2.05, 4.69) is 61.3 Å². The second-order valence-corrected chi connectivity index (χ2v) is 7.32. The summed E-state index contributed by atoms with van der Waals surface area (Å²) >= 11 is 1.74. The zero-order chi connectivity index (χ0) is 16.9. The summed E-state index contributed by atoms with van der Waals surface area (Å²) in [5, 5.41) is 0. The number of likely N-dealkylation sites (N-methyl/N-ethyl adjacent to an activating group) is 2. The predicted molar refractivity (Wildman–Crippen MR) is 98.0 cm³/mol. The zero-order valence-electron chi connectivity index (χ0n) is 14.5. The Hall–Kier alpha value is -1.69. The largest absolute Gasteiger partial charge is 0.454 e. The first kappa shape index (κ1) is 17.1. The van der Waals surface area contributed by atoms with Crippen molar-refractivity contribution in [1.29, 1.82) is 0 Å². The van der Waals surface area contributed by atoms with Crippen LogP contribution in [-0.4, -0.2) is 50.8 Å². The first-order valence-corrected chi connectivity index (χ1v) is 8.93. The first-order chi connectivity index (χ1) is 11.6. The maximum atomic E-state index is 5.63. The molecule has 128 valence electrons. The molecule has 3 rings (SSSR count). The number of para-hydroxylation sites is 1. The van der Waals surface area contributed by atoms with Crippen LogP contribution < -0.4 is 9.47 Å². The van der Waals surface area contributed by atoms with Gasteiger partial charge in [-0.25, -0.2) is 0 Å². The van der Waals surface area contributed by atoms with Gasteiger partial charge in [0.2, 0.25) is 6.79 Å². The van der Waals surface area contributed by atoms with E-state index in [0.29, 0.717) is 6.79 Å². The Balaban J connectivity index is 1.74. The molecule has 5 heteroatoms. The molecule has 0 saturated heterocycles. The van der Waals surface area contributed by atoms with Crippen LogP contribution in [0.1, 0.15) is 5.56 Å². The second kappa shape index (κ2) is 7.92. The van der Waals surface area contributed by atoms with Crippen molar-refractivity contribution in [2.24, 2.45) is 0 Å². The van der Waals surface area contributed by atoms with Crippen LogP contribution >= 0.6 is 11.8 Å². The van der Waals surface area contributed by atoms with Gasteiger partial charge in [0.1, 0.15) is 0 Å². The van der Waals surface area contributed by atoms with Crippen LogP contribution in [0.5, 0.6) is 11.5 Å². The first-order valence-electron chi connectivity index (χ1n) is 8.11. The lowest BCUT2D eigenvalue weighted by Gasteiger charge is -2.20. The van der Waals surface area contributed by atoms with Crippen LogP contribution in [0, 0.1) is 0 Å². The van der Waals surface area contributed by atoms with E-state index < -0.39 is 0 Å². The molecule has 0 amide bonds. The summed E-state index contributed by atoms with van der Waals surface area (Å²) in [7, 11) is 6.38. The quantitative estimate of drug-likeness (QED) is 0.765. The van der Waals surface area contributed by atoms with Gasteiger partial charge in [0.25, 0.3) is 0 Å². The Kier molecular flexibility index (Phi) is 5.66. The summed E-state index contributed by atoms with van der Waals surface area (Å²) in [6, 6.07) is 14.6. The normalized spacial score (nSPS) is 13.0. The Morgan fingerprint density at radius 2 is 1.71 bits per heavy atom. The van der Waals surface area contributed by atoms with Gasteiger partial charge < -0.3 is 19.3 Å². The van der Waals surface area contributed by atoms with Crippen LogP contribution in [0.2, 0.25) is 0 Å². The van der Waals surface area contributed by atoms with E-state index in [1.54, 1.807) is 11.8 Å². The van der Waals surface area contributed by atoms with Crippen LogP contribution in [0.15, 0.2) is 52.3 Å². The molecule has 0 aromatic heterocycles. The fraction of sp³-hybridized carbons (Fsp3) is 0.368. The minimum absolute atomic E-state index is 0.307. The molecule has 0 aliphatic carbocycles. The SMILES string of the molecule is CN(C)CCN(C)Cc1ccccc1Sc1cccc2c1OCO2. The van der Waals surface area contributed by atoms with Crippen molar-refractivity contribution in [2.75, 3.05) is 41.0 Å². The monoisotopic (exact) mass is 344 g/mol. The third-order valence-electron chi connectivity index (χ3n) is 3.92. The number of ether oxygens (including phenoxy) is 2. The van der Waals surface area contributed by atoms with Gasteiger partial charge >= 0.3 is 0 Å². The summed E-state index contributed by atoms with van der Waals surface area (Å²) in [5.74, 6) is 1.69. The third-order valence-corrected chi connectivity index (χ3v) is 5.08. The average Bonchev–Trinajstić information content (AvgIpc) is 3.04. The Labute approximate surface area is 148 Å². The number of fused-ring (bicyclic) bond motifs is 1. The summed E-state index contributed by atoms with van der Waals surface area (Å²) in [4.78, 5) is 6.93. The van der Waals surface area contributed by atoms with Gasteiger partial charge in [-0.15, -0.1) is 0 Å². The highest BCUT2D eigenvalue weighted by atomic mass is 32.2. The van der Waals surface area contributed by atoms with Gasteiger partial charge in [-0.05, 0) is 44.9 Å². The molecular weight excluding hydrogens is 320 g/mol. The molecule has 4 nitrogen and oxygen atoms in total. The lowest BCUT2D eigenvalue weighted by Crippen LogP contribution is -2.28. The van der Waals surface area contributed by atoms with Crippen molar-refractivity contribution in [3.8, 4) is 11.5 Å². The molecule has 0 saturated carbocycles. The number of nitrogens with zero attached hydrogens (tertiary/aromatic N) is 2. The molecule has 0 radical (unpaired) electrons. The van der Waals surface area contributed by atoms with Crippen LogP contribution in [0.4, 0.5) is 0 Å². The molecule has 2 aromatic rings. The maximum Gasteiger partial charge on any atom is 0.231 e. The van der Waals surface area contributed by atoms with Crippen LogP contribution in [0.25, 0.3) is 0 Å². The number of hydrogen-bond acceptors (Lipinski definition) is 5. The second-order valence-electron chi connectivity index (χ2n) is 6.24. The molecule has 1 aliphatic heterocycles. The van der Waals surface area contributed by atoms with Crippen LogP contribution in [0.3, 0.4) is 0 Å². The summed E-state index contributed by atoms with van der Waals surface area (Å²) in [6.07, 6.45) is 0. The van der Waals surface area contributed by atoms with E-state index in [-0.39, 0.29) is 0 Å². The van der Waals surface area contributed by atoms with Crippen molar-refractivity contribution in [1.82, 2.24) is 9.80 Å². The van der Waals surface area contributed by atoms with E-state index in [1.807, 2.05) is 12.1 Å². The molecule has 1 heterocycles. The summed E-state index contributed by atoms with van der Waals surface area (Å²) in [6.45, 7) is 3.35. The smallest absolute Gasteiger partial charge is 0.231 e. The topological polar surface area (TPSA) is 24.9 Å². The Morgan fingerprint density at radius 1 is 0.917 bits per heavy atom. The highest BCUT2D eigenvalue weighted by molar-refractivity contribution is 7.99. The lowest BCUT2D eigenvalue weighted by atomic mass is 10.2. The summed E-state index contributed by atoms with van der Waals surface area (Å²) < 4.78 is 11.1. The number of benzene rings is 2. The minimum atomic E-state index is 0.307. The average molecular weight is 344 g/mol. The zero-order valence-corrected chi connectivity index (χ0v) is 15.3. The van der Waals surface area contributed by atoms with E-state index >= 15 is 0 Å². The highest BCUT2D eigenvalue weighted by Crippen LogP contribution is 2.44. The van der Waals surface area contributed by atoms with Crippen molar-refractivity contribution >= 4 is 11.8 Å². The van der Waals surface area contributed by atoms with Crippen molar-refractivity contribution < 1.29 is 9.47 Å². The fourth-order valence-electron chi connectivity index (χ4n) is 2.58. The van der Waals surface area contributed by atoms with Gasteiger partial charge in [-0.3, -0.25) is 0 Å². The molecule has 2 aromatic carbocycles. The molecular formula is C19H24N2O2S. The van der Waals surface area contributed by atoms with Gasteiger partial charge in [-0.2, -0.15) is 0 Å². The maximum absolute atomic E-state index is 5.63. The molecule has 0 unspecified atom stereocenters. The third kappa shape index (κ3) is 4.23. The van der Waals surface area contributed by atoms with Crippen molar-refractivity contribution in [2.45, 2.75) is 16.3 Å². The van der Waals surface area contributed by atoms with Crippen molar-refractivity contribution in [3.05, 3.63) is 48.0 Å². The molecule has 0 bridgehead atoms. The molecule has 0 N–H and O–H groups in total. The van der Waals surface area contributed by atoms with Gasteiger partial charge in [-0.1, -0.05) is 36.0 Å². The van der Waals surface area contributed by atoms with Crippen LogP contribution in [-0.2, 0) is 6.54 Å². The lowest BCUT2D eigenvalue weighted by molar-refractivity contribution is 0.172. The van der Waals surface area contributed by atoms with Gasteiger partial charge in [0.15, 0.2) is 11.5 Å². The fourth-order valence-corrected chi connectivity index (χ4v) is 3.62. The highest BCUT2D eigenvalue weighted by Gasteiger charge is 2.18. The molecule has 1 aliphatic rings. The summed E-state index contributed by atoms with van der Waals surface area (Å²) in [5.41, 5.74) is 1.33. The van der Waals surface area contributed by atoms with E-state index in [4.69, 9.17) is 9.47 Å². The van der Waals surface area contributed by atoms with E-state index in [0.717, 1.165) is 36.0 Å². The van der Waals surface area contributed by atoms with E-state index in [9.17, 15) is 0 Å².